The molecular formula is C11H23BN2. The lowest BCUT2D eigenvalue weighted by Crippen LogP contribution is -2.58. The van der Waals surface area contributed by atoms with Gasteiger partial charge in [-0.25, -0.2) is 0 Å². The highest BCUT2D eigenvalue weighted by molar-refractivity contribution is 6.14. The van der Waals surface area contributed by atoms with Gasteiger partial charge in [-0.3, -0.25) is 4.90 Å². The summed E-state index contributed by atoms with van der Waals surface area (Å²) < 4.78 is 0. The van der Waals surface area contributed by atoms with Crippen LogP contribution in [-0.2, 0) is 0 Å². The van der Waals surface area contributed by atoms with Gasteiger partial charge in [0.1, 0.15) is 0 Å². The van der Waals surface area contributed by atoms with Crippen LogP contribution < -0.4 is 0 Å². The molecule has 2 nitrogen and oxygen atoms in total. The molecule has 0 aromatic carbocycles. The van der Waals surface area contributed by atoms with Crippen LogP contribution >= 0.6 is 0 Å². The summed E-state index contributed by atoms with van der Waals surface area (Å²) in [6.45, 7) is 15.4. The van der Waals surface area contributed by atoms with Gasteiger partial charge in [-0.2, -0.15) is 0 Å². The molecule has 0 spiro atoms. The van der Waals surface area contributed by atoms with E-state index in [0.29, 0.717) is 5.54 Å². The molecular weight excluding hydrogens is 171 g/mol. The number of hydrogen-bond donors (Lipinski definition) is 0. The number of rotatable bonds is 1. The predicted molar refractivity (Wildman–Crippen MR) is 62.7 cm³/mol. The summed E-state index contributed by atoms with van der Waals surface area (Å²) in [7, 11) is 6.07. The van der Waals surface area contributed by atoms with E-state index in [-0.39, 0.29) is 5.44 Å². The molecule has 1 rings (SSSR count). The Morgan fingerprint density at radius 3 is 1.43 bits per heavy atom. The van der Waals surface area contributed by atoms with E-state index in [2.05, 4.69) is 44.4 Å². The monoisotopic (exact) mass is 194 g/mol. The summed E-state index contributed by atoms with van der Waals surface area (Å²) in [4.78, 5) is 4.88. The Hall–Kier alpha value is -0.0151. The Bertz CT molecular complexity index is 160. The first-order valence-corrected chi connectivity index (χ1v) is 5.50. The summed E-state index contributed by atoms with van der Waals surface area (Å²) in [6, 6.07) is 0. The normalized spacial score (nSPS) is 22.6. The minimum Gasteiger partial charge on any atom is -0.304 e. The van der Waals surface area contributed by atoms with Crippen molar-refractivity contribution in [3.8, 4) is 0 Å². The van der Waals surface area contributed by atoms with Gasteiger partial charge < -0.3 is 4.90 Å². The van der Waals surface area contributed by atoms with Crippen LogP contribution in [-0.4, -0.2) is 54.8 Å². The topological polar surface area (TPSA) is 6.48 Å². The van der Waals surface area contributed by atoms with Crippen molar-refractivity contribution in [2.24, 2.45) is 0 Å². The molecule has 0 aliphatic carbocycles. The van der Waals surface area contributed by atoms with Crippen molar-refractivity contribution in [3.05, 3.63) is 0 Å². The Morgan fingerprint density at radius 1 is 0.786 bits per heavy atom. The molecule has 0 N–H and O–H groups in total. The molecule has 3 heteroatoms. The lowest BCUT2D eigenvalue weighted by molar-refractivity contribution is 0.0392. The number of piperazine rings is 1. The van der Waals surface area contributed by atoms with E-state index >= 15 is 0 Å². The van der Waals surface area contributed by atoms with Crippen molar-refractivity contribution >= 4 is 7.85 Å². The van der Waals surface area contributed by atoms with Gasteiger partial charge in [0.25, 0.3) is 0 Å². The zero-order valence-electron chi connectivity index (χ0n) is 10.3. The second-order valence-electron chi connectivity index (χ2n) is 5.80. The fraction of sp³-hybridized carbons (Fsp3) is 1.00. The molecule has 14 heavy (non-hydrogen) atoms. The average Bonchev–Trinajstić information content (AvgIpc) is 2.01. The minimum atomic E-state index is -0.163. The summed E-state index contributed by atoms with van der Waals surface area (Å²) >= 11 is 0. The van der Waals surface area contributed by atoms with Gasteiger partial charge in [-0.15, -0.1) is 0 Å². The van der Waals surface area contributed by atoms with Crippen molar-refractivity contribution in [2.45, 2.75) is 45.6 Å². The van der Waals surface area contributed by atoms with Crippen molar-refractivity contribution in [1.29, 1.82) is 0 Å². The molecule has 80 valence electrons. The molecule has 0 unspecified atom stereocenters. The molecule has 0 atom stereocenters. The lowest BCUT2D eigenvalue weighted by atomic mass is 9.79. The maximum absolute atomic E-state index is 6.07. The van der Waals surface area contributed by atoms with Crippen LogP contribution in [0.25, 0.3) is 0 Å². The highest BCUT2D eigenvalue weighted by Crippen LogP contribution is 2.19. The first kappa shape index (κ1) is 12.1. The third kappa shape index (κ3) is 2.99. The van der Waals surface area contributed by atoms with E-state index in [1.807, 2.05) is 0 Å². The predicted octanol–water partition coefficient (Wildman–Crippen LogP) is 1.31. The van der Waals surface area contributed by atoms with Crippen LogP contribution in [0.2, 0.25) is 0 Å². The highest BCUT2D eigenvalue weighted by atomic mass is 15.3. The van der Waals surface area contributed by atoms with Gasteiger partial charge in [0, 0.05) is 31.7 Å². The maximum atomic E-state index is 6.07. The third-order valence-corrected chi connectivity index (χ3v) is 3.04. The zero-order chi connectivity index (χ0) is 11.0. The van der Waals surface area contributed by atoms with Gasteiger partial charge in [-0.05, 0) is 26.2 Å². The quantitative estimate of drug-likeness (QED) is 0.580. The van der Waals surface area contributed by atoms with Gasteiger partial charge in [0.15, 0.2) is 0 Å². The average molecular weight is 194 g/mol. The molecule has 0 aromatic heterocycles. The van der Waals surface area contributed by atoms with E-state index in [1.54, 1.807) is 0 Å². The summed E-state index contributed by atoms with van der Waals surface area (Å²) in [5, 5.41) is 0. The molecule has 0 bridgehead atoms. The molecule has 0 amide bonds. The number of nitrogens with zero attached hydrogens (tertiary/aromatic N) is 2. The van der Waals surface area contributed by atoms with E-state index in [4.69, 9.17) is 7.85 Å². The zero-order valence-corrected chi connectivity index (χ0v) is 10.3. The van der Waals surface area contributed by atoms with Gasteiger partial charge in [-0.1, -0.05) is 13.8 Å². The van der Waals surface area contributed by atoms with Crippen molar-refractivity contribution < 1.29 is 0 Å². The highest BCUT2D eigenvalue weighted by Gasteiger charge is 2.29. The SMILES string of the molecule is [B]C(C)(C)N1CCN(C(C)(C)C)CC1. The van der Waals surface area contributed by atoms with E-state index in [0.717, 1.165) is 26.2 Å². The standard InChI is InChI=1S/C11H23BN2/c1-10(2,3)13-6-8-14(9-7-13)11(4,5)12/h6-9H2,1-5H3. The summed E-state index contributed by atoms with van der Waals surface area (Å²) in [6.07, 6.45) is 0. The molecule has 1 fully saturated rings. The van der Waals surface area contributed by atoms with Crippen LogP contribution in [0.15, 0.2) is 0 Å². The van der Waals surface area contributed by atoms with Crippen molar-refractivity contribution in [2.75, 3.05) is 26.2 Å². The van der Waals surface area contributed by atoms with Crippen molar-refractivity contribution in [3.63, 3.8) is 0 Å². The first-order valence-electron chi connectivity index (χ1n) is 5.50. The lowest BCUT2D eigenvalue weighted by Gasteiger charge is -2.46. The molecule has 1 heterocycles. The largest absolute Gasteiger partial charge is 0.304 e. The van der Waals surface area contributed by atoms with E-state index < -0.39 is 0 Å². The summed E-state index contributed by atoms with van der Waals surface area (Å²) in [5.74, 6) is 0. The fourth-order valence-electron chi connectivity index (χ4n) is 1.95. The first-order chi connectivity index (χ1) is 6.21. The van der Waals surface area contributed by atoms with Crippen LogP contribution in [0, 0.1) is 0 Å². The van der Waals surface area contributed by atoms with Crippen LogP contribution in [0.3, 0.4) is 0 Å². The second-order valence-corrected chi connectivity index (χ2v) is 5.80. The van der Waals surface area contributed by atoms with E-state index in [9.17, 15) is 0 Å². The Labute approximate surface area is 90.1 Å². The molecule has 0 aromatic rings. The van der Waals surface area contributed by atoms with Gasteiger partial charge in [0.05, 0.1) is 7.85 Å². The smallest absolute Gasteiger partial charge is 0.0949 e. The molecule has 1 aliphatic heterocycles. The van der Waals surface area contributed by atoms with E-state index in [1.165, 1.54) is 0 Å². The second kappa shape index (κ2) is 3.86. The van der Waals surface area contributed by atoms with Crippen LogP contribution in [0.4, 0.5) is 0 Å². The minimum absolute atomic E-state index is 0.163. The van der Waals surface area contributed by atoms with Gasteiger partial charge in [0.2, 0.25) is 0 Å². The number of hydrogen-bond acceptors (Lipinski definition) is 2. The summed E-state index contributed by atoms with van der Waals surface area (Å²) in [5.41, 5.74) is 0.134. The molecule has 0 saturated carbocycles. The Kier molecular flexibility index (Phi) is 3.32. The molecule has 1 aliphatic rings. The fourth-order valence-corrected chi connectivity index (χ4v) is 1.95. The molecule has 1 saturated heterocycles. The van der Waals surface area contributed by atoms with Crippen LogP contribution in [0.1, 0.15) is 34.6 Å². The Balaban J connectivity index is 2.47. The van der Waals surface area contributed by atoms with Crippen LogP contribution in [0.5, 0.6) is 0 Å². The molecule has 2 radical (unpaired) electrons. The third-order valence-electron chi connectivity index (χ3n) is 3.04. The maximum Gasteiger partial charge on any atom is 0.0949 e. The van der Waals surface area contributed by atoms with Gasteiger partial charge >= 0.3 is 0 Å². The Morgan fingerprint density at radius 2 is 1.14 bits per heavy atom. The van der Waals surface area contributed by atoms with Crippen molar-refractivity contribution in [1.82, 2.24) is 9.80 Å².